The number of likely N-dealkylation sites (tertiary alicyclic amines) is 1. The topological polar surface area (TPSA) is 32.3 Å². The van der Waals surface area contributed by atoms with Gasteiger partial charge in [-0.1, -0.05) is 30.3 Å². The molecule has 2 aromatic rings. The number of anilines is 1. The molecule has 0 N–H and O–H groups in total. The molecule has 1 aromatic heterocycles. The Hall–Kier alpha value is -1.46. The molecular formula is C18H24N4S. The second-order valence-electron chi connectivity index (χ2n) is 6.70. The van der Waals surface area contributed by atoms with Gasteiger partial charge in [0, 0.05) is 36.7 Å². The van der Waals surface area contributed by atoms with Crippen molar-refractivity contribution in [1.29, 1.82) is 0 Å². The van der Waals surface area contributed by atoms with E-state index in [0.29, 0.717) is 0 Å². The van der Waals surface area contributed by atoms with E-state index in [9.17, 15) is 0 Å². The summed E-state index contributed by atoms with van der Waals surface area (Å²) in [5.74, 6) is 1.73. The molecular weight excluding hydrogens is 304 g/mol. The minimum Gasteiger partial charge on any atom is -0.347 e. The standard InChI is InChI=1S/C18H24N4S/c1-2-6-16(7-3-1)17-19-18(23-20-17)22-12-8-15(9-13-22)14-21-10-4-5-11-21/h1-3,6-7,15H,4-5,8-14H2. The van der Waals surface area contributed by atoms with Gasteiger partial charge < -0.3 is 9.80 Å². The maximum Gasteiger partial charge on any atom is 0.205 e. The van der Waals surface area contributed by atoms with E-state index < -0.39 is 0 Å². The van der Waals surface area contributed by atoms with E-state index in [0.717, 1.165) is 35.5 Å². The van der Waals surface area contributed by atoms with Gasteiger partial charge in [0.25, 0.3) is 0 Å². The van der Waals surface area contributed by atoms with Crippen LogP contribution in [0.5, 0.6) is 0 Å². The molecule has 0 atom stereocenters. The highest BCUT2D eigenvalue weighted by molar-refractivity contribution is 7.09. The Labute approximate surface area is 142 Å². The van der Waals surface area contributed by atoms with Gasteiger partial charge in [-0.25, -0.2) is 0 Å². The first-order valence-electron chi connectivity index (χ1n) is 8.75. The third kappa shape index (κ3) is 3.56. The first-order valence-corrected chi connectivity index (χ1v) is 9.52. The molecule has 0 spiro atoms. The first-order chi connectivity index (χ1) is 11.4. The monoisotopic (exact) mass is 328 g/mol. The van der Waals surface area contributed by atoms with Crippen molar-refractivity contribution in [1.82, 2.24) is 14.3 Å². The summed E-state index contributed by atoms with van der Waals surface area (Å²) in [5, 5.41) is 1.09. The molecule has 0 amide bonds. The fourth-order valence-electron chi connectivity index (χ4n) is 3.69. The third-order valence-corrected chi connectivity index (χ3v) is 5.82. The van der Waals surface area contributed by atoms with Crippen LogP contribution in [0.15, 0.2) is 30.3 Å². The summed E-state index contributed by atoms with van der Waals surface area (Å²) in [5.41, 5.74) is 1.11. The van der Waals surface area contributed by atoms with Gasteiger partial charge in [0.05, 0.1) is 0 Å². The predicted octanol–water partition coefficient (Wildman–Crippen LogP) is 3.52. The van der Waals surface area contributed by atoms with Crippen LogP contribution in [-0.4, -0.2) is 47.0 Å². The molecule has 0 aliphatic carbocycles. The Morgan fingerprint density at radius 1 is 1.00 bits per heavy atom. The van der Waals surface area contributed by atoms with Gasteiger partial charge in [-0.05, 0) is 44.7 Å². The van der Waals surface area contributed by atoms with Crippen LogP contribution in [-0.2, 0) is 0 Å². The molecule has 4 nitrogen and oxygen atoms in total. The molecule has 0 radical (unpaired) electrons. The van der Waals surface area contributed by atoms with Gasteiger partial charge in [-0.15, -0.1) is 0 Å². The molecule has 0 bridgehead atoms. The van der Waals surface area contributed by atoms with Gasteiger partial charge in [0.2, 0.25) is 5.13 Å². The Balaban J connectivity index is 1.34. The van der Waals surface area contributed by atoms with Crippen molar-refractivity contribution in [3.05, 3.63) is 30.3 Å². The fraction of sp³-hybridized carbons (Fsp3) is 0.556. The smallest absolute Gasteiger partial charge is 0.205 e. The van der Waals surface area contributed by atoms with Gasteiger partial charge >= 0.3 is 0 Å². The molecule has 23 heavy (non-hydrogen) atoms. The minimum absolute atomic E-state index is 0.866. The van der Waals surface area contributed by atoms with E-state index in [4.69, 9.17) is 4.98 Å². The number of piperidine rings is 1. The van der Waals surface area contributed by atoms with Crippen LogP contribution in [0, 0.1) is 5.92 Å². The van der Waals surface area contributed by atoms with E-state index in [1.54, 1.807) is 0 Å². The summed E-state index contributed by atoms with van der Waals surface area (Å²) < 4.78 is 4.54. The number of hydrogen-bond acceptors (Lipinski definition) is 5. The molecule has 0 unspecified atom stereocenters. The number of nitrogens with zero attached hydrogens (tertiary/aromatic N) is 4. The van der Waals surface area contributed by atoms with Crippen molar-refractivity contribution in [2.75, 3.05) is 37.6 Å². The largest absolute Gasteiger partial charge is 0.347 e. The number of benzene rings is 1. The molecule has 2 saturated heterocycles. The van der Waals surface area contributed by atoms with Crippen molar-refractivity contribution < 1.29 is 0 Å². The third-order valence-electron chi connectivity index (χ3n) is 5.05. The van der Waals surface area contributed by atoms with Crippen LogP contribution in [0.25, 0.3) is 11.4 Å². The highest BCUT2D eigenvalue weighted by Gasteiger charge is 2.24. The quantitative estimate of drug-likeness (QED) is 0.859. The normalized spacial score (nSPS) is 20.3. The van der Waals surface area contributed by atoms with Gasteiger partial charge in [-0.3, -0.25) is 0 Å². The lowest BCUT2D eigenvalue weighted by Crippen LogP contribution is -2.38. The summed E-state index contributed by atoms with van der Waals surface area (Å²) >= 11 is 1.54. The Kier molecular flexibility index (Phi) is 4.57. The van der Waals surface area contributed by atoms with Crippen molar-refractivity contribution >= 4 is 16.7 Å². The lowest BCUT2D eigenvalue weighted by molar-refractivity contribution is 0.249. The molecule has 2 fully saturated rings. The van der Waals surface area contributed by atoms with E-state index in [1.165, 1.54) is 56.9 Å². The summed E-state index contributed by atoms with van der Waals surface area (Å²) in [6, 6.07) is 10.3. The number of hydrogen-bond donors (Lipinski definition) is 0. The molecule has 2 aliphatic rings. The Bertz CT molecular complexity index is 613. The predicted molar refractivity (Wildman–Crippen MR) is 96.0 cm³/mol. The Morgan fingerprint density at radius 2 is 1.74 bits per heavy atom. The summed E-state index contributed by atoms with van der Waals surface area (Å²) in [7, 11) is 0. The summed E-state index contributed by atoms with van der Waals surface area (Å²) in [6.45, 7) is 6.19. The molecule has 2 aliphatic heterocycles. The van der Waals surface area contributed by atoms with E-state index in [1.807, 2.05) is 18.2 Å². The second kappa shape index (κ2) is 6.97. The Morgan fingerprint density at radius 3 is 2.48 bits per heavy atom. The van der Waals surface area contributed by atoms with Crippen LogP contribution in [0.1, 0.15) is 25.7 Å². The molecule has 122 valence electrons. The number of rotatable bonds is 4. The average Bonchev–Trinajstić information content (AvgIpc) is 3.28. The first kappa shape index (κ1) is 15.1. The highest BCUT2D eigenvalue weighted by Crippen LogP contribution is 2.28. The second-order valence-corrected chi connectivity index (χ2v) is 7.44. The molecule has 4 rings (SSSR count). The average molecular weight is 328 g/mol. The zero-order chi connectivity index (χ0) is 15.5. The van der Waals surface area contributed by atoms with Gasteiger partial charge in [0.15, 0.2) is 5.82 Å². The molecule has 0 saturated carbocycles. The highest BCUT2D eigenvalue weighted by atomic mass is 32.1. The van der Waals surface area contributed by atoms with E-state index >= 15 is 0 Å². The van der Waals surface area contributed by atoms with Crippen molar-refractivity contribution in [3.8, 4) is 11.4 Å². The SMILES string of the molecule is c1ccc(-c2nsc(N3CCC(CN4CCCC4)CC3)n2)cc1. The van der Waals surface area contributed by atoms with Crippen LogP contribution < -0.4 is 4.90 Å². The van der Waals surface area contributed by atoms with Crippen LogP contribution in [0.2, 0.25) is 0 Å². The van der Waals surface area contributed by atoms with E-state index in [2.05, 4.69) is 26.3 Å². The van der Waals surface area contributed by atoms with Crippen LogP contribution in [0.4, 0.5) is 5.13 Å². The zero-order valence-corrected chi connectivity index (χ0v) is 14.3. The van der Waals surface area contributed by atoms with Crippen LogP contribution in [0.3, 0.4) is 0 Å². The maximum atomic E-state index is 4.76. The maximum absolute atomic E-state index is 4.76. The van der Waals surface area contributed by atoms with Gasteiger partial charge in [0.1, 0.15) is 0 Å². The van der Waals surface area contributed by atoms with Gasteiger partial charge in [-0.2, -0.15) is 9.36 Å². The van der Waals surface area contributed by atoms with Crippen molar-refractivity contribution in [2.24, 2.45) is 5.92 Å². The lowest BCUT2D eigenvalue weighted by Gasteiger charge is -2.33. The molecule has 5 heteroatoms. The van der Waals surface area contributed by atoms with Crippen molar-refractivity contribution in [3.63, 3.8) is 0 Å². The van der Waals surface area contributed by atoms with E-state index in [-0.39, 0.29) is 0 Å². The number of aromatic nitrogens is 2. The summed E-state index contributed by atoms with van der Waals surface area (Å²) in [4.78, 5) is 9.83. The van der Waals surface area contributed by atoms with Crippen molar-refractivity contribution in [2.45, 2.75) is 25.7 Å². The minimum atomic E-state index is 0.866. The molecule has 3 heterocycles. The summed E-state index contributed by atoms with van der Waals surface area (Å²) in [6.07, 6.45) is 5.37. The lowest BCUT2D eigenvalue weighted by atomic mass is 9.96. The fourth-order valence-corrected chi connectivity index (χ4v) is 4.43. The van der Waals surface area contributed by atoms with Crippen LogP contribution >= 0.6 is 11.5 Å². The molecule has 1 aromatic carbocycles. The zero-order valence-electron chi connectivity index (χ0n) is 13.5.